The van der Waals surface area contributed by atoms with Crippen molar-refractivity contribution >= 4 is 0 Å². The van der Waals surface area contributed by atoms with Gasteiger partial charge < -0.3 is 9.84 Å². The molecule has 144 valence electrons. The highest BCUT2D eigenvalue weighted by Crippen LogP contribution is 2.48. The second kappa shape index (κ2) is 6.66. The molecule has 0 atom stereocenters. The molecule has 0 unspecified atom stereocenters. The summed E-state index contributed by atoms with van der Waals surface area (Å²) in [6.07, 6.45) is 2.31. The van der Waals surface area contributed by atoms with Crippen molar-refractivity contribution in [2.24, 2.45) is 5.18 Å². The lowest BCUT2D eigenvalue weighted by molar-refractivity contribution is 0.332. The Morgan fingerprint density at radius 3 is 2.15 bits per heavy atom. The fourth-order valence-corrected chi connectivity index (χ4v) is 4.20. The van der Waals surface area contributed by atoms with E-state index in [2.05, 4.69) is 51.9 Å². The van der Waals surface area contributed by atoms with E-state index in [0.29, 0.717) is 11.3 Å². The number of phenolic OH excluding ortho intramolecular Hbond substituents is 1. The van der Waals surface area contributed by atoms with Gasteiger partial charge in [-0.05, 0) is 65.0 Å². The Hall–Kier alpha value is -2.36. The Balaban J connectivity index is 2.28. The van der Waals surface area contributed by atoms with Crippen LogP contribution in [-0.4, -0.2) is 12.2 Å². The number of hydrogen-bond donors (Lipinski definition) is 1. The molecule has 0 fully saturated rings. The summed E-state index contributed by atoms with van der Waals surface area (Å²) in [6.45, 7) is 11.3. The van der Waals surface area contributed by atoms with Crippen LogP contribution in [0.2, 0.25) is 0 Å². The Bertz CT molecular complexity index is 897. The van der Waals surface area contributed by atoms with Gasteiger partial charge in [0.1, 0.15) is 18.0 Å². The molecule has 27 heavy (non-hydrogen) atoms. The van der Waals surface area contributed by atoms with Crippen molar-refractivity contribution in [3.63, 3.8) is 0 Å². The third-order valence-electron chi connectivity index (χ3n) is 6.12. The average Bonchev–Trinajstić information content (AvgIpc) is 2.60. The van der Waals surface area contributed by atoms with Crippen molar-refractivity contribution in [3.8, 4) is 22.6 Å². The fourth-order valence-electron chi connectivity index (χ4n) is 4.20. The van der Waals surface area contributed by atoms with Gasteiger partial charge >= 0.3 is 0 Å². The van der Waals surface area contributed by atoms with E-state index < -0.39 is 0 Å². The molecule has 0 heterocycles. The first-order chi connectivity index (χ1) is 12.6. The minimum Gasteiger partial charge on any atom is -0.507 e. The summed E-state index contributed by atoms with van der Waals surface area (Å²) in [7, 11) is 1.59. The van der Waals surface area contributed by atoms with Gasteiger partial charge in [0.05, 0.1) is 7.11 Å². The monoisotopic (exact) mass is 367 g/mol. The molecule has 1 N–H and O–H groups in total. The summed E-state index contributed by atoms with van der Waals surface area (Å²) in [4.78, 5) is 10.8. The maximum atomic E-state index is 10.8. The number of methoxy groups -OCH3 is 1. The lowest BCUT2D eigenvalue weighted by Crippen LogP contribution is -2.34. The molecule has 1 aliphatic rings. The molecule has 0 spiro atoms. The smallest absolute Gasteiger partial charge is 0.130 e. The fraction of sp³-hybridized carbons (Fsp3) is 0.478. The Labute approximate surface area is 161 Å². The van der Waals surface area contributed by atoms with Crippen molar-refractivity contribution in [1.82, 2.24) is 0 Å². The third kappa shape index (κ3) is 3.33. The van der Waals surface area contributed by atoms with E-state index in [1.54, 1.807) is 13.2 Å². The molecule has 2 aromatic rings. The van der Waals surface area contributed by atoms with Gasteiger partial charge in [-0.3, -0.25) is 0 Å². The number of phenols is 1. The molecule has 0 aromatic heterocycles. The molecule has 0 saturated heterocycles. The lowest BCUT2D eigenvalue weighted by atomic mass is 9.62. The SMILES string of the molecule is COc1cc(O)c(CN=O)cc1-c1cc2c(cc1C)C(C)(C)CCC2(C)C. The normalized spacial score (nSPS) is 17.3. The van der Waals surface area contributed by atoms with E-state index in [4.69, 9.17) is 4.74 Å². The highest BCUT2D eigenvalue weighted by atomic mass is 16.5. The molecule has 0 saturated carbocycles. The highest BCUT2D eigenvalue weighted by molar-refractivity contribution is 5.77. The molecule has 0 radical (unpaired) electrons. The van der Waals surface area contributed by atoms with Gasteiger partial charge in [0, 0.05) is 17.2 Å². The zero-order valence-corrected chi connectivity index (χ0v) is 17.1. The van der Waals surface area contributed by atoms with Crippen molar-refractivity contribution in [2.75, 3.05) is 7.11 Å². The molecule has 3 rings (SSSR count). The van der Waals surface area contributed by atoms with Gasteiger partial charge in [-0.2, -0.15) is 4.91 Å². The van der Waals surface area contributed by atoms with E-state index >= 15 is 0 Å². The number of ether oxygens (including phenoxy) is 1. The van der Waals surface area contributed by atoms with Crippen LogP contribution in [0.25, 0.3) is 11.1 Å². The van der Waals surface area contributed by atoms with Gasteiger partial charge in [-0.15, -0.1) is 0 Å². The predicted octanol–water partition coefficient (Wildman–Crippen LogP) is 5.99. The van der Waals surface area contributed by atoms with Crippen LogP contribution < -0.4 is 4.74 Å². The van der Waals surface area contributed by atoms with Crippen LogP contribution in [0.5, 0.6) is 11.5 Å². The summed E-state index contributed by atoms with van der Waals surface area (Å²) in [5, 5.41) is 13.1. The number of benzene rings is 2. The van der Waals surface area contributed by atoms with Crippen molar-refractivity contribution in [1.29, 1.82) is 0 Å². The molecule has 2 aromatic carbocycles. The number of hydrogen-bond acceptors (Lipinski definition) is 4. The summed E-state index contributed by atoms with van der Waals surface area (Å²) in [5.41, 5.74) is 6.66. The quantitative estimate of drug-likeness (QED) is 0.675. The van der Waals surface area contributed by atoms with Gasteiger partial charge in [-0.1, -0.05) is 38.9 Å². The van der Waals surface area contributed by atoms with E-state index in [9.17, 15) is 10.0 Å². The minimum atomic E-state index is -0.0641. The molecule has 0 amide bonds. The number of fused-ring (bicyclic) bond motifs is 1. The van der Waals surface area contributed by atoms with E-state index in [1.807, 2.05) is 6.07 Å². The topological polar surface area (TPSA) is 58.9 Å². The summed E-state index contributed by atoms with van der Waals surface area (Å²) in [6, 6.07) is 7.98. The first-order valence-electron chi connectivity index (χ1n) is 9.45. The Morgan fingerprint density at radius 1 is 1.00 bits per heavy atom. The van der Waals surface area contributed by atoms with Crippen LogP contribution in [0.1, 0.15) is 62.8 Å². The molecule has 0 bridgehead atoms. The highest BCUT2D eigenvalue weighted by Gasteiger charge is 2.37. The van der Waals surface area contributed by atoms with Crippen molar-refractivity contribution in [2.45, 2.75) is 64.8 Å². The number of nitroso groups, excluding NO2 is 1. The molecular weight excluding hydrogens is 338 g/mol. The summed E-state index contributed by atoms with van der Waals surface area (Å²) < 4.78 is 5.54. The molecule has 0 aliphatic heterocycles. The summed E-state index contributed by atoms with van der Waals surface area (Å²) in [5.74, 6) is 0.630. The molecule has 4 heteroatoms. The standard InChI is InChI=1S/C23H29NO3/c1-14-9-18-19(23(4,5)8-7-22(18,2)3)11-16(14)17-10-15(13-24-26)20(25)12-21(17)27-6/h9-12,25H,7-8,13H2,1-6H3. The van der Waals surface area contributed by atoms with Crippen molar-refractivity contribution < 1.29 is 9.84 Å². The van der Waals surface area contributed by atoms with Gasteiger partial charge in [0.15, 0.2) is 0 Å². The number of aromatic hydroxyl groups is 1. The largest absolute Gasteiger partial charge is 0.507 e. The maximum absolute atomic E-state index is 10.8. The van der Waals surface area contributed by atoms with Gasteiger partial charge in [0.25, 0.3) is 0 Å². The lowest BCUT2D eigenvalue weighted by Gasteiger charge is -2.42. The Kier molecular flexibility index (Phi) is 4.79. The van der Waals surface area contributed by atoms with Crippen LogP contribution >= 0.6 is 0 Å². The summed E-state index contributed by atoms with van der Waals surface area (Å²) >= 11 is 0. The van der Waals surface area contributed by atoms with Crippen LogP contribution in [0.4, 0.5) is 0 Å². The van der Waals surface area contributed by atoms with Gasteiger partial charge in [-0.25, -0.2) is 0 Å². The molecular formula is C23H29NO3. The number of rotatable bonds is 4. The minimum absolute atomic E-state index is 0.0345. The number of nitrogens with zero attached hydrogens (tertiary/aromatic N) is 1. The van der Waals surface area contributed by atoms with E-state index in [-0.39, 0.29) is 23.1 Å². The number of aryl methyl sites for hydroxylation is 1. The van der Waals surface area contributed by atoms with Crippen molar-refractivity contribution in [3.05, 3.63) is 51.4 Å². The zero-order chi connectivity index (χ0) is 20.0. The van der Waals surface area contributed by atoms with Crippen LogP contribution in [-0.2, 0) is 17.4 Å². The predicted molar refractivity (Wildman–Crippen MR) is 110 cm³/mol. The first-order valence-corrected chi connectivity index (χ1v) is 9.45. The van der Waals surface area contributed by atoms with Crippen LogP contribution in [0.3, 0.4) is 0 Å². The molecule has 4 nitrogen and oxygen atoms in total. The average molecular weight is 367 g/mol. The van der Waals surface area contributed by atoms with Crippen LogP contribution in [0.15, 0.2) is 29.4 Å². The third-order valence-corrected chi connectivity index (χ3v) is 6.12. The first kappa shape index (κ1) is 19.4. The second-order valence-electron chi connectivity index (χ2n) is 8.95. The maximum Gasteiger partial charge on any atom is 0.130 e. The molecule has 1 aliphatic carbocycles. The van der Waals surface area contributed by atoms with Gasteiger partial charge in [0.2, 0.25) is 0 Å². The zero-order valence-electron chi connectivity index (χ0n) is 17.1. The van der Waals surface area contributed by atoms with E-state index in [0.717, 1.165) is 23.1 Å². The second-order valence-corrected chi connectivity index (χ2v) is 8.95. The Morgan fingerprint density at radius 2 is 1.59 bits per heavy atom. The van der Waals surface area contributed by atoms with E-state index in [1.165, 1.54) is 17.5 Å². The van der Waals surface area contributed by atoms with Crippen LogP contribution in [0, 0.1) is 11.8 Å².